The maximum Gasteiger partial charge on any atom is 0.0739 e. The molecule has 1 aliphatic rings. The number of nitrogens with one attached hydrogen (secondary N) is 1. The Labute approximate surface area is 117 Å². The van der Waals surface area contributed by atoms with E-state index >= 15 is 0 Å². The molecular weight excluding hydrogens is 294 g/mol. The summed E-state index contributed by atoms with van der Waals surface area (Å²) < 4.78 is 3.15. The Morgan fingerprint density at radius 3 is 2.89 bits per heavy atom. The predicted octanol–water partition coefficient (Wildman–Crippen LogP) is 2.22. The first-order chi connectivity index (χ1) is 8.61. The molecule has 4 nitrogen and oxygen atoms in total. The van der Waals surface area contributed by atoms with Gasteiger partial charge in [-0.3, -0.25) is 4.68 Å². The third kappa shape index (κ3) is 3.13. The van der Waals surface area contributed by atoms with E-state index in [4.69, 9.17) is 0 Å². The van der Waals surface area contributed by atoms with Crippen molar-refractivity contribution in [2.24, 2.45) is 5.92 Å². The monoisotopic (exact) mass is 315 g/mol. The molecule has 102 valence electrons. The van der Waals surface area contributed by atoms with Gasteiger partial charge in [0.15, 0.2) is 0 Å². The molecule has 5 heteroatoms. The number of nitrogens with zero attached hydrogens (tertiary/aromatic N) is 2. The number of rotatable bonds is 5. The average molecular weight is 316 g/mol. The molecule has 1 fully saturated rings. The Balaban J connectivity index is 1.86. The lowest BCUT2D eigenvalue weighted by molar-refractivity contribution is 0.177. The van der Waals surface area contributed by atoms with E-state index in [0.29, 0.717) is 5.92 Å². The van der Waals surface area contributed by atoms with E-state index in [1.165, 1.54) is 5.69 Å². The van der Waals surface area contributed by atoms with Gasteiger partial charge in [0.25, 0.3) is 0 Å². The largest absolute Gasteiger partial charge is 0.393 e. The molecule has 0 aliphatic heterocycles. The smallest absolute Gasteiger partial charge is 0.0739 e. The Morgan fingerprint density at radius 2 is 2.28 bits per heavy atom. The van der Waals surface area contributed by atoms with Crippen LogP contribution >= 0.6 is 15.9 Å². The zero-order valence-electron chi connectivity index (χ0n) is 11.1. The van der Waals surface area contributed by atoms with Crippen LogP contribution < -0.4 is 5.32 Å². The van der Waals surface area contributed by atoms with Crippen molar-refractivity contribution in [2.75, 3.05) is 6.54 Å². The number of aliphatic hydroxyl groups is 1. The van der Waals surface area contributed by atoms with E-state index in [9.17, 15) is 5.11 Å². The van der Waals surface area contributed by atoms with Crippen LogP contribution in [0.4, 0.5) is 0 Å². The summed E-state index contributed by atoms with van der Waals surface area (Å²) in [6.45, 7) is 6.84. The molecule has 0 aromatic carbocycles. The van der Waals surface area contributed by atoms with Gasteiger partial charge in [0.05, 0.1) is 22.0 Å². The van der Waals surface area contributed by atoms with Crippen LogP contribution in [-0.2, 0) is 13.1 Å². The minimum absolute atomic E-state index is 0.0769. The highest BCUT2D eigenvalue weighted by molar-refractivity contribution is 9.10. The Kier molecular flexibility index (Phi) is 4.81. The van der Waals surface area contributed by atoms with Crippen molar-refractivity contribution in [3.05, 3.63) is 15.9 Å². The van der Waals surface area contributed by atoms with Gasteiger partial charge in [-0.1, -0.05) is 0 Å². The van der Waals surface area contributed by atoms with Crippen LogP contribution in [0, 0.1) is 12.8 Å². The maximum absolute atomic E-state index is 9.50. The summed E-state index contributed by atoms with van der Waals surface area (Å²) in [6.07, 6.45) is 2.97. The molecular formula is C13H22BrN3O. The fraction of sp³-hybridized carbons (Fsp3) is 0.769. The van der Waals surface area contributed by atoms with Crippen LogP contribution in [0.25, 0.3) is 0 Å². The van der Waals surface area contributed by atoms with Crippen LogP contribution in [-0.4, -0.2) is 27.5 Å². The molecule has 1 aromatic rings. The average Bonchev–Trinajstić information content (AvgIpc) is 2.87. The Bertz CT molecular complexity index is 405. The van der Waals surface area contributed by atoms with Crippen molar-refractivity contribution in [3.8, 4) is 0 Å². The molecule has 0 spiro atoms. The normalized spacial score (nSPS) is 23.8. The van der Waals surface area contributed by atoms with E-state index in [0.717, 1.165) is 49.1 Å². The van der Waals surface area contributed by atoms with Crippen molar-refractivity contribution in [3.63, 3.8) is 0 Å². The van der Waals surface area contributed by atoms with E-state index in [1.54, 1.807) is 0 Å². The van der Waals surface area contributed by atoms with Gasteiger partial charge in [0.2, 0.25) is 0 Å². The maximum atomic E-state index is 9.50. The Morgan fingerprint density at radius 1 is 1.50 bits per heavy atom. The molecule has 1 aliphatic carbocycles. The number of hydrogen-bond acceptors (Lipinski definition) is 3. The highest BCUT2D eigenvalue weighted by Crippen LogP contribution is 2.25. The Hall–Kier alpha value is -0.390. The highest BCUT2D eigenvalue weighted by atomic mass is 79.9. The lowest BCUT2D eigenvalue weighted by atomic mass is 10.1. The van der Waals surface area contributed by atoms with Gasteiger partial charge in [-0.2, -0.15) is 5.10 Å². The van der Waals surface area contributed by atoms with Crippen molar-refractivity contribution >= 4 is 15.9 Å². The van der Waals surface area contributed by atoms with Gasteiger partial charge in [0.1, 0.15) is 0 Å². The fourth-order valence-electron chi connectivity index (χ4n) is 2.67. The third-order valence-electron chi connectivity index (χ3n) is 3.69. The van der Waals surface area contributed by atoms with Gasteiger partial charge in [-0.15, -0.1) is 0 Å². The summed E-state index contributed by atoms with van der Waals surface area (Å²) in [4.78, 5) is 0. The molecule has 1 aromatic heterocycles. The molecule has 1 heterocycles. The zero-order chi connectivity index (χ0) is 13.1. The number of aromatic nitrogens is 2. The van der Waals surface area contributed by atoms with Crippen LogP contribution in [0.15, 0.2) is 4.47 Å². The standard InChI is InChI=1S/C13H22BrN3O/c1-3-17-12(13(14)9(2)16-17)8-15-7-10-4-5-11(18)6-10/h10-11,15,18H,3-8H2,1-2H3. The third-order valence-corrected chi connectivity index (χ3v) is 4.72. The molecule has 2 rings (SSSR count). The summed E-state index contributed by atoms with van der Waals surface area (Å²) in [7, 11) is 0. The van der Waals surface area contributed by atoms with Gasteiger partial charge in [-0.05, 0) is 61.5 Å². The number of aryl methyl sites for hydroxylation is 2. The van der Waals surface area contributed by atoms with Crippen molar-refractivity contribution in [1.82, 2.24) is 15.1 Å². The van der Waals surface area contributed by atoms with Crippen LogP contribution in [0.1, 0.15) is 37.6 Å². The SMILES string of the molecule is CCn1nc(C)c(Br)c1CNCC1CCC(O)C1. The van der Waals surface area contributed by atoms with E-state index < -0.39 is 0 Å². The summed E-state index contributed by atoms with van der Waals surface area (Å²) in [6, 6.07) is 0. The van der Waals surface area contributed by atoms with Gasteiger partial charge < -0.3 is 10.4 Å². The number of halogens is 1. The van der Waals surface area contributed by atoms with E-state index in [-0.39, 0.29) is 6.10 Å². The molecule has 0 bridgehead atoms. The summed E-state index contributed by atoms with van der Waals surface area (Å²) in [5.41, 5.74) is 2.26. The zero-order valence-corrected chi connectivity index (χ0v) is 12.7. The first-order valence-electron chi connectivity index (χ1n) is 6.72. The minimum atomic E-state index is -0.0769. The summed E-state index contributed by atoms with van der Waals surface area (Å²) in [5.74, 6) is 0.623. The van der Waals surface area contributed by atoms with Crippen LogP contribution in [0.3, 0.4) is 0 Å². The number of aliphatic hydroxyl groups excluding tert-OH is 1. The first kappa shape index (κ1) is 14.0. The molecule has 2 atom stereocenters. The molecule has 1 saturated carbocycles. The fourth-order valence-corrected chi connectivity index (χ4v) is 3.09. The quantitative estimate of drug-likeness (QED) is 0.876. The van der Waals surface area contributed by atoms with Gasteiger partial charge in [-0.25, -0.2) is 0 Å². The van der Waals surface area contributed by atoms with E-state index in [2.05, 4.69) is 33.3 Å². The first-order valence-corrected chi connectivity index (χ1v) is 7.51. The second kappa shape index (κ2) is 6.17. The lowest BCUT2D eigenvalue weighted by Crippen LogP contribution is -2.23. The highest BCUT2D eigenvalue weighted by Gasteiger charge is 2.22. The van der Waals surface area contributed by atoms with Crippen molar-refractivity contribution < 1.29 is 5.11 Å². The minimum Gasteiger partial charge on any atom is -0.393 e. The molecule has 0 radical (unpaired) electrons. The molecule has 0 saturated heterocycles. The van der Waals surface area contributed by atoms with Crippen molar-refractivity contribution in [2.45, 2.75) is 52.3 Å². The van der Waals surface area contributed by atoms with Crippen LogP contribution in [0.2, 0.25) is 0 Å². The topological polar surface area (TPSA) is 50.1 Å². The second-order valence-corrected chi connectivity index (χ2v) is 5.92. The molecule has 2 unspecified atom stereocenters. The van der Waals surface area contributed by atoms with E-state index in [1.807, 2.05) is 11.6 Å². The summed E-state index contributed by atoms with van der Waals surface area (Å²) >= 11 is 3.60. The molecule has 0 amide bonds. The van der Waals surface area contributed by atoms with Gasteiger partial charge >= 0.3 is 0 Å². The number of hydrogen-bond donors (Lipinski definition) is 2. The lowest BCUT2D eigenvalue weighted by Gasteiger charge is -2.12. The van der Waals surface area contributed by atoms with Gasteiger partial charge in [0, 0.05) is 13.1 Å². The second-order valence-electron chi connectivity index (χ2n) is 5.13. The predicted molar refractivity (Wildman–Crippen MR) is 75.4 cm³/mol. The molecule has 18 heavy (non-hydrogen) atoms. The van der Waals surface area contributed by atoms with Crippen LogP contribution in [0.5, 0.6) is 0 Å². The molecule has 2 N–H and O–H groups in total. The van der Waals surface area contributed by atoms with Crippen molar-refractivity contribution in [1.29, 1.82) is 0 Å². The summed E-state index contributed by atoms with van der Waals surface area (Å²) in [5, 5.41) is 17.5.